The van der Waals surface area contributed by atoms with Gasteiger partial charge in [-0.2, -0.15) is 0 Å². The molecule has 0 atom stereocenters. The Bertz CT molecular complexity index is 1050. The summed E-state index contributed by atoms with van der Waals surface area (Å²) in [4.78, 5) is 18.0. The molecule has 0 saturated carbocycles. The Labute approximate surface area is 162 Å². The molecule has 6 heteroatoms. The molecule has 0 unspecified atom stereocenters. The predicted octanol–water partition coefficient (Wildman–Crippen LogP) is 4.25. The third-order valence-electron chi connectivity index (χ3n) is 5.13. The Hall–Kier alpha value is -3.28. The number of benzene rings is 2. The number of aromatic amines is 1. The summed E-state index contributed by atoms with van der Waals surface area (Å²) < 4.78 is 24.1. The van der Waals surface area contributed by atoms with Crippen LogP contribution in [0.4, 0.5) is 4.39 Å². The van der Waals surface area contributed by atoms with Gasteiger partial charge < -0.3 is 19.4 Å². The van der Waals surface area contributed by atoms with Crippen molar-refractivity contribution in [3.63, 3.8) is 0 Å². The van der Waals surface area contributed by atoms with Gasteiger partial charge in [-0.15, -0.1) is 0 Å². The molecule has 3 aromatic rings. The van der Waals surface area contributed by atoms with E-state index >= 15 is 0 Å². The largest absolute Gasteiger partial charge is 0.496 e. The molecule has 1 aliphatic rings. The first-order chi connectivity index (χ1) is 13.6. The minimum atomic E-state index is -0.263. The van der Waals surface area contributed by atoms with Crippen molar-refractivity contribution in [2.75, 3.05) is 27.3 Å². The minimum absolute atomic E-state index is 0.120. The molecule has 1 aliphatic heterocycles. The first-order valence-electron chi connectivity index (χ1n) is 9.08. The molecule has 0 aliphatic carbocycles. The fraction of sp³-hybridized carbons (Fsp3) is 0.227. The van der Waals surface area contributed by atoms with E-state index in [-0.39, 0.29) is 11.7 Å². The summed E-state index contributed by atoms with van der Waals surface area (Å²) in [7, 11) is 3.08. The summed E-state index contributed by atoms with van der Waals surface area (Å²) in [5.41, 5.74) is 3.41. The molecule has 2 heterocycles. The molecule has 0 bridgehead atoms. The lowest BCUT2D eigenvalue weighted by Gasteiger charge is -2.27. The van der Waals surface area contributed by atoms with E-state index < -0.39 is 0 Å². The van der Waals surface area contributed by atoms with Gasteiger partial charge in [0.05, 0.1) is 14.2 Å². The number of fused-ring (bicyclic) bond motifs is 1. The Morgan fingerprint density at radius 2 is 1.89 bits per heavy atom. The zero-order valence-electron chi connectivity index (χ0n) is 15.8. The van der Waals surface area contributed by atoms with Crippen LogP contribution in [-0.2, 0) is 0 Å². The third kappa shape index (κ3) is 3.11. The molecule has 2 aromatic carbocycles. The molecule has 0 spiro atoms. The predicted molar refractivity (Wildman–Crippen MR) is 106 cm³/mol. The lowest BCUT2D eigenvalue weighted by atomic mass is 9.98. The normalized spacial score (nSPS) is 14.1. The van der Waals surface area contributed by atoms with E-state index in [1.165, 1.54) is 12.1 Å². The van der Waals surface area contributed by atoms with Gasteiger partial charge >= 0.3 is 0 Å². The molecular formula is C22H21FN2O3. The molecule has 0 saturated heterocycles. The number of carbonyl (C=O) groups is 1. The van der Waals surface area contributed by atoms with Gasteiger partial charge in [-0.25, -0.2) is 4.39 Å². The maximum absolute atomic E-state index is 13.4. The SMILES string of the molecule is COc1cccc(OC)c1C(=O)N1CC=C(c2c[nH]c3cc(F)ccc23)CC1. The van der Waals surface area contributed by atoms with Gasteiger partial charge in [0, 0.05) is 35.8 Å². The second-order valence-corrected chi connectivity index (χ2v) is 6.66. The quantitative estimate of drug-likeness (QED) is 0.736. The lowest BCUT2D eigenvalue weighted by molar-refractivity contribution is 0.0766. The number of nitrogens with zero attached hydrogens (tertiary/aromatic N) is 1. The van der Waals surface area contributed by atoms with E-state index in [0.29, 0.717) is 36.6 Å². The van der Waals surface area contributed by atoms with Crippen molar-refractivity contribution in [1.29, 1.82) is 0 Å². The van der Waals surface area contributed by atoms with E-state index in [2.05, 4.69) is 11.1 Å². The van der Waals surface area contributed by atoms with Gasteiger partial charge in [0.1, 0.15) is 22.9 Å². The Morgan fingerprint density at radius 1 is 1.14 bits per heavy atom. The van der Waals surface area contributed by atoms with Crippen LogP contribution in [0.15, 0.2) is 48.7 Å². The summed E-state index contributed by atoms with van der Waals surface area (Å²) in [5, 5.41) is 0.985. The standard InChI is InChI=1S/C22H21FN2O3/c1-27-19-4-3-5-20(28-2)21(19)22(26)25-10-8-14(9-11-25)17-13-24-18-12-15(23)6-7-16(17)18/h3-8,12-13,24H,9-11H2,1-2H3. The minimum Gasteiger partial charge on any atom is -0.496 e. The van der Waals surface area contributed by atoms with Crippen LogP contribution < -0.4 is 9.47 Å². The third-order valence-corrected chi connectivity index (χ3v) is 5.13. The maximum atomic E-state index is 13.4. The Morgan fingerprint density at radius 3 is 2.54 bits per heavy atom. The number of nitrogens with one attached hydrogen (secondary N) is 1. The van der Waals surface area contributed by atoms with Crippen LogP contribution in [0.5, 0.6) is 11.5 Å². The van der Waals surface area contributed by atoms with Crippen molar-refractivity contribution < 1.29 is 18.7 Å². The summed E-state index contributed by atoms with van der Waals surface area (Å²) in [6, 6.07) is 10.0. The van der Waals surface area contributed by atoms with E-state index in [0.717, 1.165) is 22.0 Å². The number of H-pyrrole nitrogens is 1. The molecular weight excluding hydrogens is 359 g/mol. The highest BCUT2D eigenvalue weighted by Gasteiger charge is 2.25. The Kier molecular flexibility index (Phi) is 4.77. The Balaban J connectivity index is 1.60. The number of amides is 1. The number of carbonyl (C=O) groups excluding carboxylic acids is 1. The number of aromatic nitrogens is 1. The zero-order valence-corrected chi connectivity index (χ0v) is 15.8. The summed E-state index contributed by atoms with van der Waals surface area (Å²) in [6.45, 7) is 1.07. The highest BCUT2D eigenvalue weighted by atomic mass is 19.1. The number of methoxy groups -OCH3 is 2. The van der Waals surface area contributed by atoms with Gasteiger partial charge in [0.15, 0.2) is 0 Å². The van der Waals surface area contributed by atoms with Crippen molar-refractivity contribution in [3.8, 4) is 11.5 Å². The van der Waals surface area contributed by atoms with Gasteiger partial charge in [-0.3, -0.25) is 4.79 Å². The average Bonchev–Trinajstić information content (AvgIpc) is 3.15. The molecule has 5 nitrogen and oxygen atoms in total. The highest BCUT2D eigenvalue weighted by Crippen LogP contribution is 2.33. The van der Waals surface area contributed by atoms with Gasteiger partial charge in [0.2, 0.25) is 0 Å². The highest BCUT2D eigenvalue weighted by molar-refractivity contribution is 6.00. The molecule has 1 N–H and O–H groups in total. The van der Waals surface area contributed by atoms with Crippen LogP contribution in [-0.4, -0.2) is 43.1 Å². The molecule has 1 amide bonds. The van der Waals surface area contributed by atoms with E-state index in [1.807, 2.05) is 6.20 Å². The van der Waals surface area contributed by atoms with Crippen LogP contribution in [0.2, 0.25) is 0 Å². The van der Waals surface area contributed by atoms with Crippen molar-refractivity contribution in [2.24, 2.45) is 0 Å². The van der Waals surface area contributed by atoms with Crippen molar-refractivity contribution in [3.05, 3.63) is 65.6 Å². The molecule has 1 aromatic heterocycles. The van der Waals surface area contributed by atoms with Crippen LogP contribution in [0.3, 0.4) is 0 Å². The fourth-order valence-corrected chi connectivity index (χ4v) is 3.68. The van der Waals surface area contributed by atoms with E-state index in [4.69, 9.17) is 9.47 Å². The molecule has 28 heavy (non-hydrogen) atoms. The lowest BCUT2D eigenvalue weighted by Crippen LogP contribution is -2.35. The first kappa shape index (κ1) is 18.1. The summed E-state index contributed by atoms with van der Waals surface area (Å²) >= 11 is 0. The van der Waals surface area contributed by atoms with Crippen LogP contribution in [0.25, 0.3) is 16.5 Å². The van der Waals surface area contributed by atoms with E-state index in [1.54, 1.807) is 43.4 Å². The van der Waals surface area contributed by atoms with Gasteiger partial charge in [-0.1, -0.05) is 12.1 Å². The number of hydrogen-bond acceptors (Lipinski definition) is 3. The topological polar surface area (TPSA) is 54.6 Å². The summed E-state index contributed by atoms with van der Waals surface area (Å²) in [6.07, 6.45) is 4.67. The number of rotatable bonds is 4. The summed E-state index contributed by atoms with van der Waals surface area (Å²) in [5.74, 6) is 0.613. The monoisotopic (exact) mass is 380 g/mol. The molecule has 144 valence electrons. The van der Waals surface area contributed by atoms with Gasteiger partial charge in [-0.05, 0) is 42.3 Å². The smallest absolute Gasteiger partial charge is 0.261 e. The second-order valence-electron chi connectivity index (χ2n) is 6.66. The average molecular weight is 380 g/mol. The molecule has 4 rings (SSSR count). The van der Waals surface area contributed by atoms with Crippen LogP contribution >= 0.6 is 0 Å². The number of ether oxygens (including phenoxy) is 2. The first-order valence-corrected chi connectivity index (χ1v) is 9.08. The van der Waals surface area contributed by atoms with Crippen molar-refractivity contribution in [2.45, 2.75) is 6.42 Å². The van der Waals surface area contributed by atoms with Crippen LogP contribution in [0, 0.1) is 5.82 Å². The zero-order chi connectivity index (χ0) is 19.7. The van der Waals surface area contributed by atoms with Crippen molar-refractivity contribution in [1.82, 2.24) is 9.88 Å². The van der Waals surface area contributed by atoms with Crippen molar-refractivity contribution >= 4 is 22.4 Å². The fourth-order valence-electron chi connectivity index (χ4n) is 3.68. The second kappa shape index (κ2) is 7.38. The molecule has 0 fully saturated rings. The van der Waals surface area contributed by atoms with E-state index in [9.17, 15) is 9.18 Å². The maximum Gasteiger partial charge on any atom is 0.261 e. The number of hydrogen-bond donors (Lipinski definition) is 1. The van der Waals surface area contributed by atoms with Crippen LogP contribution in [0.1, 0.15) is 22.3 Å². The molecule has 0 radical (unpaired) electrons. The van der Waals surface area contributed by atoms with Gasteiger partial charge in [0.25, 0.3) is 5.91 Å². The number of halogens is 1.